The number of aromatic nitrogens is 1. The first-order valence-corrected chi connectivity index (χ1v) is 7.83. The Morgan fingerprint density at radius 2 is 2.00 bits per heavy atom. The predicted molar refractivity (Wildman–Crippen MR) is 93.0 cm³/mol. The van der Waals surface area contributed by atoms with Crippen LogP contribution in [0, 0.1) is 5.82 Å². The zero-order chi connectivity index (χ0) is 17.6. The second-order valence-corrected chi connectivity index (χ2v) is 5.92. The Balaban J connectivity index is 1.81. The topological polar surface area (TPSA) is 62.3 Å². The standard InChI is InChI=1S/C19H14FN3O2/c1-11-18(24)22-16-4-2-3-5-17(16)23(11)19(25)13-8-12-9-14(20)6-7-15(12)21-10-13/h2-11H,1H3,(H,22,24)/t11-/m1/s1. The van der Waals surface area contributed by atoms with Gasteiger partial charge in [0.15, 0.2) is 0 Å². The van der Waals surface area contributed by atoms with Crippen LogP contribution in [-0.2, 0) is 4.79 Å². The first kappa shape index (κ1) is 15.3. The third-order valence-corrected chi connectivity index (χ3v) is 4.30. The zero-order valence-corrected chi connectivity index (χ0v) is 13.4. The van der Waals surface area contributed by atoms with E-state index in [4.69, 9.17) is 0 Å². The van der Waals surface area contributed by atoms with E-state index < -0.39 is 11.9 Å². The highest BCUT2D eigenvalue weighted by Gasteiger charge is 2.34. The molecule has 25 heavy (non-hydrogen) atoms. The number of nitrogens with one attached hydrogen (secondary N) is 1. The highest BCUT2D eigenvalue weighted by atomic mass is 19.1. The van der Waals surface area contributed by atoms with Gasteiger partial charge in [-0.05, 0) is 43.3 Å². The minimum absolute atomic E-state index is 0.258. The van der Waals surface area contributed by atoms with Crippen molar-refractivity contribution in [2.75, 3.05) is 10.2 Å². The molecule has 0 saturated carbocycles. The number of rotatable bonds is 1. The van der Waals surface area contributed by atoms with Crippen molar-refractivity contribution in [3.8, 4) is 0 Å². The Morgan fingerprint density at radius 1 is 1.20 bits per heavy atom. The molecule has 1 aromatic heterocycles. The van der Waals surface area contributed by atoms with Crippen molar-refractivity contribution in [3.05, 3.63) is 66.1 Å². The number of amides is 2. The summed E-state index contributed by atoms with van der Waals surface area (Å²) >= 11 is 0. The molecule has 2 amide bonds. The highest BCUT2D eigenvalue weighted by molar-refractivity contribution is 6.16. The number of para-hydroxylation sites is 2. The summed E-state index contributed by atoms with van der Waals surface area (Å²) in [6.07, 6.45) is 1.45. The third-order valence-electron chi connectivity index (χ3n) is 4.30. The van der Waals surface area contributed by atoms with Crippen LogP contribution in [0.5, 0.6) is 0 Å². The van der Waals surface area contributed by atoms with Gasteiger partial charge in [0.25, 0.3) is 5.91 Å². The number of hydrogen-bond donors (Lipinski definition) is 1. The number of carbonyl (C=O) groups excluding carboxylic acids is 2. The summed E-state index contributed by atoms with van der Waals surface area (Å²) in [5, 5.41) is 3.32. The van der Waals surface area contributed by atoms with Gasteiger partial charge in [0.2, 0.25) is 5.91 Å². The van der Waals surface area contributed by atoms with E-state index >= 15 is 0 Å². The lowest BCUT2D eigenvalue weighted by Gasteiger charge is -2.34. The van der Waals surface area contributed by atoms with Gasteiger partial charge in [-0.15, -0.1) is 0 Å². The van der Waals surface area contributed by atoms with Gasteiger partial charge in [-0.1, -0.05) is 12.1 Å². The first-order valence-electron chi connectivity index (χ1n) is 7.83. The molecule has 2 aromatic carbocycles. The van der Waals surface area contributed by atoms with Crippen LogP contribution in [0.3, 0.4) is 0 Å². The molecule has 0 unspecified atom stereocenters. The average Bonchev–Trinajstić information content (AvgIpc) is 2.61. The van der Waals surface area contributed by atoms with Crippen LogP contribution in [0.15, 0.2) is 54.7 Å². The molecule has 0 bridgehead atoms. The molecular weight excluding hydrogens is 321 g/mol. The lowest BCUT2D eigenvalue weighted by Crippen LogP contribution is -2.49. The molecule has 0 spiro atoms. The van der Waals surface area contributed by atoms with E-state index in [1.807, 2.05) is 0 Å². The molecule has 3 aromatic rings. The third kappa shape index (κ3) is 2.52. The fourth-order valence-corrected chi connectivity index (χ4v) is 3.00. The van der Waals surface area contributed by atoms with Crippen molar-refractivity contribution in [3.63, 3.8) is 0 Å². The Bertz CT molecular complexity index is 1020. The monoisotopic (exact) mass is 335 g/mol. The molecule has 1 aliphatic rings. The zero-order valence-electron chi connectivity index (χ0n) is 13.4. The molecule has 124 valence electrons. The molecule has 1 N–H and O–H groups in total. The van der Waals surface area contributed by atoms with Crippen molar-refractivity contribution >= 4 is 34.1 Å². The Morgan fingerprint density at radius 3 is 2.84 bits per heavy atom. The predicted octanol–water partition coefficient (Wildman–Crippen LogP) is 3.36. The summed E-state index contributed by atoms with van der Waals surface area (Å²) in [7, 11) is 0. The minimum Gasteiger partial charge on any atom is -0.322 e. The fourth-order valence-electron chi connectivity index (χ4n) is 3.00. The van der Waals surface area contributed by atoms with Gasteiger partial charge in [-0.2, -0.15) is 0 Å². The largest absolute Gasteiger partial charge is 0.322 e. The van der Waals surface area contributed by atoms with Gasteiger partial charge in [0.1, 0.15) is 11.9 Å². The number of hydrogen-bond acceptors (Lipinski definition) is 3. The number of fused-ring (bicyclic) bond motifs is 2. The Labute approximate surface area is 143 Å². The van der Waals surface area contributed by atoms with Gasteiger partial charge in [-0.3, -0.25) is 19.5 Å². The van der Waals surface area contributed by atoms with E-state index in [0.29, 0.717) is 27.8 Å². The van der Waals surface area contributed by atoms with Crippen LogP contribution in [0.2, 0.25) is 0 Å². The van der Waals surface area contributed by atoms with Crippen LogP contribution < -0.4 is 10.2 Å². The summed E-state index contributed by atoms with van der Waals surface area (Å²) in [5.74, 6) is -1.00. The highest BCUT2D eigenvalue weighted by Crippen LogP contribution is 2.33. The minimum atomic E-state index is -0.661. The molecule has 6 heteroatoms. The van der Waals surface area contributed by atoms with Crippen LogP contribution in [0.4, 0.5) is 15.8 Å². The maximum absolute atomic E-state index is 13.5. The van der Waals surface area contributed by atoms with E-state index in [9.17, 15) is 14.0 Å². The molecule has 4 rings (SSSR count). The van der Waals surface area contributed by atoms with Gasteiger partial charge in [0.05, 0.1) is 22.5 Å². The molecule has 0 radical (unpaired) electrons. The van der Waals surface area contributed by atoms with Gasteiger partial charge < -0.3 is 5.32 Å². The molecule has 1 atom stereocenters. The van der Waals surface area contributed by atoms with E-state index in [0.717, 1.165) is 0 Å². The van der Waals surface area contributed by atoms with Gasteiger partial charge >= 0.3 is 0 Å². The normalized spacial score (nSPS) is 16.5. The summed E-state index contributed by atoms with van der Waals surface area (Å²) < 4.78 is 13.5. The lowest BCUT2D eigenvalue weighted by atomic mass is 10.1. The number of halogens is 1. The van der Waals surface area contributed by atoms with Gasteiger partial charge in [0, 0.05) is 11.6 Å². The molecule has 0 saturated heterocycles. The fraction of sp³-hybridized carbons (Fsp3) is 0.105. The van der Waals surface area contributed by atoms with Crippen LogP contribution in [0.1, 0.15) is 17.3 Å². The van der Waals surface area contributed by atoms with Crippen LogP contribution in [-0.4, -0.2) is 22.8 Å². The van der Waals surface area contributed by atoms with Crippen molar-refractivity contribution in [1.82, 2.24) is 4.98 Å². The summed E-state index contributed by atoms with van der Waals surface area (Å²) in [6.45, 7) is 1.66. The number of pyridine rings is 1. The van der Waals surface area contributed by atoms with Crippen molar-refractivity contribution in [2.45, 2.75) is 13.0 Å². The molecule has 2 heterocycles. The summed E-state index contributed by atoms with van der Waals surface area (Å²) in [6, 6.07) is 12.3. The molecular formula is C19H14FN3O2. The maximum atomic E-state index is 13.5. The van der Waals surface area contributed by atoms with E-state index in [1.165, 1.54) is 23.2 Å². The molecule has 1 aliphatic heterocycles. The molecule has 0 aliphatic carbocycles. The van der Waals surface area contributed by atoms with E-state index in [1.54, 1.807) is 43.3 Å². The second-order valence-electron chi connectivity index (χ2n) is 5.92. The first-order chi connectivity index (χ1) is 12.0. The quantitative estimate of drug-likeness (QED) is 0.742. The van der Waals surface area contributed by atoms with Gasteiger partial charge in [-0.25, -0.2) is 4.39 Å². The van der Waals surface area contributed by atoms with Crippen molar-refractivity contribution < 1.29 is 14.0 Å². The number of nitrogens with zero attached hydrogens (tertiary/aromatic N) is 2. The second kappa shape index (κ2) is 5.66. The van der Waals surface area contributed by atoms with E-state index in [-0.39, 0.29) is 11.8 Å². The maximum Gasteiger partial charge on any atom is 0.260 e. The number of anilines is 2. The lowest BCUT2D eigenvalue weighted by molar-refractivity contribution is -0.117. The Hall–Kier alpha value is -3.28. The SMILES string of the molecule is C[C@@H]1C(=O)Nc2ccccc2N1C(=O)c1cnc2ccc(F)cc2c1. The number of benzene rings is 2. The Kier molecular flexibility index (Phi) is 3.46. The number of carbonyl (C=O) groups is 2. The molecule has 0 fully saturated rings. The molecule has 5 nitrogen and oxygen atoms in total. The average molecular weight is 335 g/mol. The van der Waals surface area contributed by atoms with Crippen LogP contribution in [0.25, 0.3) is 10.9 Å². The van der Waals surface area contributed by atoms with Crippen molar-refractivity contribution in [2.24, 2.45) is 0 Å². The summed E-state index contributed by atoms with van der Waals surface area (Å²) in [5.41, 5.74) is 2.11. The van der Waals surface area contributed by atoms with Crippen LogP contribution >= 0.6 is 0 Å². The summed E-state index contributed by atoms with van der Waals surface area (Å²) in [4.78, 5) is 30.9. The van der Waals surface area contributed by atoms with E-state index in [2.05, 4.69) is 10.3 Å². The smallest absolute Gasteiger partial charge is 0.260 e. The van der Waals surface area contributed by atoms with Crippen molar-refractivity contribution in [1.29, 1.82) is 0 Å².